The molecule has 0 fully saturated rings. The fourth-order valence-corrected chi connectivity index (χ4v) is 14.5. The molecular formula is C93H128FN11O32. The smallest absolute Gasteiger partial charge is 0.343 e. The fraction of sp³-hybridized carbons (Fsp3) is 0.581. The second kappa shape index (κ2) is 61.5. The Morgan fingerprint density at radius 1 is 0.518 bits per heavy atom. The van der Waals surface area contributed by atoms with E-state index < -0.39 is 121 Å². The maximum Gasteiger partial charge on any atom is 0.343 e. The van der Waals surface area contributed by atoms with Crippen LogP contribution in [0, 0.1) is 5.82 Å². The maximum absolute atomic E-state index is 15.7. The number of hydrogen-bond acceptors (Lipinski definition) is 33. The third kappa shape index (κ3) is 36.1. The normalized spacial score (nSPS) is 14.5. The van der Waals surface area contributed by atoms with Gasteiger partial charge in [-0.05, 0) is 79.5 Å². The van der Waals surface area contributed by atoms with Crippen LogP contribution in [-0.2, 0) is 173 Å². The topological polar surface area (TPSA) is 518 Å². The van der Waals surface area contributed by atoms with Gasteiger partial charge in [0.2, 0.25) is 35.4 Å². The van der Waals surface area contributed by atoms with Crippen molar-refractivity contribution in [2.24, 2.45) is 0 Å². The summed E-state index contributed by atoms with van der Waals surface area (Å²) in [7, 11) is 3.22. The highest BCUT2D eigenvalue weighted by Gasteiger charge is 2.46. The zero-order valence-corrected chi connectivity index (χ0v) is 78.1. The molecular weight excluding hydrogens is 1800 g/mol. The lowest BCUT2D eigenvalue weighted by molar-refractivity contribution is -0.172. The second-order valence-corrected chi connectivity index (χ2v) is 31.2. The molecule has 0 saturated carbocycles. The van der Waals surface area contributed by atoms with Crippen molar-refractivity contribution < 1.29 is 152 Å². The summed E-state index contributed by atoms with van der Waals surface area (Å²) in [6.07, 6.45) is 2.14. The van der Waals surface area contributed by atoms with Gasteiger partial charge >= 0.3 is 5.97 Å². The molecule has 10 amide bonds. The standard InChI is InChI=1S/C93H128FN11O32/c1-5-93(118)73-54-77-85-71(60-104(77)91(116)72(73)61-136-92(93)117)70(84-67-14-9-13-66(67)74(94)55-75(84)103-85)56-99-87(112)63(2)137-62-101-80(108)58-100-90(115)76(51-64-11-7-6-8-12-64)102-81(109)59-98-79(107)57-97-78(106)15-10-20-135-86-68(88(113)95-18-21-121-27-29-125-35-37-129-43-45-133-49-47-131-41-39-127-33-31-123-25-23-119-3)52-65(105-82(110)16-17-83(105)111)53-69(86)89(114)96-19-22-122-28-30-126-36-38-130-44-46-134-50-48-132-42-40-128-34-32-124-26-24-120-4/h6-8,11-12,16-17,52-55,63,76,118H,5,9-10,13-15,18-51,56-62H2,1-4H3,(H,95,113)(H,96,114)(H,97,106)(H,98,107)(H,99,112)(H,100,115)(H,101,108)(H,102,109)/t63-,76-,93-/m0/s1. The zero-order chi connectivity index (χ0) is 97.8. The Kier molecular flexibility index (Phi) is 49.2. The lowest BCUT2D eigenvalue weighted by atomic mass is 9.86. The van der Waals surface area contributed by atoms with Crippen LogP contribution in [0.15, 0.2) is 71.5 Å². The van der Waals surface area contributed by atoms with Crippen molar-refractivity contribution in [3.8, 4) is 17.1 Å². The minimum absolute atomic E-state index is 0.00265. The van der Waals surface area contributed by atoms with Gasteiger partial charge in [-0.1, -0.05) is 37.3 Å². The van der Waals surface area contributed by atoms with E-state index in [0.29, 0.717) is 204 Å². The molecule has 0 radical (unpaired) electrons. The molecule has 0 bridgehead atoms. The molecule has 9 N–H and O–H groups in total. The van der Waals surface area contributed by atoms with E-state index in [-0.39, 0.29) is 157 Å². The summed E-state index contributed by atoms with van der Waals surface area (Å²) in [5.41, 5.74) is 0.905. The van der Waals surface area contributed by atoms with Crippen molar-refractivity contribution in [2.45, 2.75) is 96.2 Å². The molecule has 754 valence electrons. The van der Waals surface area contributed by atoms with E-state index in [1.165, 1.54) is 29.7 Å². The number of aryl methyl sites for hydroxylation is 1. The van der Waals surface area contributed by atoms with Crippen molar-refractivity contribution in [3.63, 3.8) is 0 Å². The van der Waals surface area contributed by atoms with Gasteiger partial charge < -0.3 is 142 Å². The lowest BCUT2D eigenvalue weighted by Gasteiger charge is -2.31. The van der Waals surface area contributed by atoms with Crippen molar-refractivity contribution >= 4 is 81.6 Å². The number of nitrogens with one attached hydrogen (secondary N) is 8. The van der Waals surface area contributed by atoms with Crippen LogP contribution in [0.25, 0.3) is 22.3 Å². The Morgan fingerprint density at radius 2 is 0.985 bits per heavy atom. The van der Waals surface area contributed by atoms with Crippen molar-refractivity contribution in [2.75, 3.05) is 263 Å². The third-order valence-electron chi connectivity index (χ3n) is 21.6. The molecule has 1 aliphatic carbocycles. The second-order valence-electron chi connectivity index (χ2n) is 31.2. The number of rotatable bonds is 73. The predicted molar refractivity (Wildman–Crippen MR) is 486 cm³/mol. The fourth-order valence-electron chi connectivity index (χ4n) is 14.5. The molecule has 43 nitrogen and oxygen atoms in total. The van der Waals surface area contributed by atoms with Crippen LogP contribution in [0.2, 0.25) is 0 Å². The summed E-state index contributed by atoms with van der Waals surface area (Å²) in [4.78, 5) is 168. The number of anilines is 1. The largest absolute Gasteiger partial charge is 0.492 e. The monoisotopic (exact) mass is 1930 g/mol. The number of nitrogens with zero attached hydrogens (tertiary/aromatic N) is 3. The minimum atomic E-state index is -2.09. The number of carbonyl (C=O) groups excluding carboxylic acids is 11. The van der Waals surface area contributed by atoms with Gasteiger partial charge in [0.1, 0.15) is 37.1 Å². The molecule has 5 heterocycles. The molecule has 3 atom stereocenters. The number of imide groups is 1. The first kappa shape index (κ1) is 110. The van der Waals surface area contributed by atoms with Gasteiger partial charge in [0, 0.05) is 81.4 Å². The summed E-state index contributed by atoms with van der Waals surface area (Å²) in [6.45, 7) is 10.3. The first-order valence-corrected chi connectivity index (χ1v) is 45.8. The number of benzene rings is 3. The number of cyclic esters (lactones) is 1. The average Bonchev–Trinajstić information content (AvgIpc) is 1.56. The van der Waals surface area contributed by atoms with E-state index in [2.05, 4.69) is 42.5 Å². The van der Waals surface area contributed by atoms with Crippen LogP contribution < -0.4 is 57.7 Å². The summed E-state index contributed by atoms with van der Waals surface area (Å²) < 4.78 is 122. The molecule has 9 rings (SSSR count). The van der Waals surface area contributed by atoms with Gasteiger partial charge in [0.25, 0.3) is 29.2 Å². The van der Waals surface area contributed by atoms with E-state index in [1.807, 2.05) is 0 Å². The Bertz CT molecular complexity index is 4730. The SMILES string of the molecule is CC[C@@]1(O)C(=O)OCc2c1cc1n(c2=O)Cc2c-1nc1cc(F)c3c(c1c2CNC(=O)[C@H](C)OCNC(=O)CNC(=O)[C@H](Cc1ccccc1)NC(=O)CNC(=O)CNC(=O)CCCOc1c(C(=O)NCCOCCOCCOCCOCCOCCOCCOCCOC)cc(N2C(=O)C=CC2=O)cc1C(=O)NCCOCCOCCOCCOCCOCCOCCOCCOC)CCC3. The number of ether oxygens (including phenoxy) is 19. The van der Waals surface area contributed by atoms with Gasteiger partial charge in [0.15, 0.2) is 5.60 Å². The van der Waals surface area contributed by atoms with Crippen molar-refractivity contribution in [1.29, 1.82) is 0 Å². The Morgan fingerprint density at radius 3 is 1.49 bits per heavy atom. The van der Waals surface area contributed by atoms with Crippen molar-refractivity contribution in [1.82, 2.24) is 52.1 Å². The van der Waals surface area contributed by atoms with E-state index in [4.69, 9.17) is 95.0 Å². The first-order chi connectivity index (χ1) is 66.6. The Balaban J connectivity index is 0.705. The third-order valence-corrected chi connectivity index (χ3v) is 21.6. The number of methoxy groups -OCH3 is 2. The molecule has 0 unspecified atom stereocenters. The molecule has 5 aromatic rings. The summed E-state index contributed by atoms with van der Waals surface area (Å²) >= 11 is 0. The average molecular weight is 1930 g/mol. The molecule has 44 heteroatoms. The van der Waals surface area contributed by atoms with Gasteiger partial charge in [-0.25, -0.2) is 19.1 Å². The highest BCUT2D eigenvalue weighted by molar-refractivity contribution is 6.28. The number of pyridine rings is 2. The van der Waals surface area contributed by atoms with E-state index in [0.717, 1.165) is 22.6 Å². The Labute approximate surface area is 792 Å². The lowest BCUT2D eigenvalue weighted by Crippen LogP contribution is -2.52. The number of aliphatic hydroxyl groups is 1. The number of fused-ring (bicyclic) bond motifs is 7. The number of esters is 1. The highest BCUT2D eigenvalue weighted by Crippen LogP contribution is 2.43. The van der Waals surface area contributed by atoms with E-state index in [9.17, 15) is 62.6 Å². The van der Waals surface area contributed by atoms with E-state index in [1.54, 1.807) is 57.5 Å². The van der Waals surface area contributed by atoms with Gasteiger partial charge in [-0.15, -0.1) is 0 Å². The molecule has 2 aromatic heterocycles. The highest BCUT2D eigenvalue weighted by atomic mass is 19.1. The van der Waals surface area contributed by atoms with Crippen LogP contribution in [0.4, 0.5) is 10.1 Å². The number of aromatic nitrogens is 2. The van der Waals surface area contributed by atoms with Gasteiger partial charge in [-0.2, -0.15) is 0 Å². The van der Waals surface area contributed by atoms with Crippen LogP contribution >= 0.6 is 0 Å². The number of hydrogen-bond donors (Lipinski definition) is 9. The quantitative estimate of drug-likeness (QED) is 0.0106. The molecule has 137 heavy (non-hydrogen) atoms. The van der Waals surface area contributed by atoms with Crippen LogP contribution in [0.3, 0.4) is 0 Å². The summed E-state index contributed by atoms with van der Waals surface area (Å²) in [5, 5.41) is 32.9. The van der Waals surface area contributed by atoms with Crippen molar-refractivity contribution in [3.05, 3.63) is 133 Å². The summed E-state index contributed by atoms with van der Waals surface area (Å²) in [6, 6.07) is 12.6. The molecule has 0 spiro atoms. The molecule has 0 saturated heterocycles. The number of amides is 10. The minimum Gasteiger partial charge on any atom is -0.492 e. The van der Waals surface area contributed by atoms with Gasteiger partial charge in [0.05, 0.1) is 270 Å². The van der Waals surface area contributed by atoms with E-state index >= 15 is 4.39 Å². The zero-order valence-electron chi connectivity index (χ0n) is 78.1. The molecule has 4 aliphatic rings. The predicted octanol–water partition coefficient (Wildman–Crippen LogP) is 0.152. The van der Waals surface area contributed by atoms with Gasteiger partial charge in [-0.3, -0.25) is 52.7 Å². The maximum atomic E-state index is 15.7. The Hall–Kier alpha value is -10.9. The first-order valence-electron chi connectivity index (χ1n) is 45.8. The van der Waals surface area contributed by atoms with Crippen LogP contribution in [0.5, 0.6) is 5.75 Å². The number of carbonyl (C=O) groups is 11. The summed E-state index contributed by atoms with van der Waals surface area (Å²) in [5.74, 6) is -9.08. The molecule has 3 aromatic carbocycles. The van der Waals surface area contributed by atoms with Crippen LogP contribution in [0.1, 0.15) is 99.2 Å². The molecule has 3 aliphatic heterocycles. The number of halogens is 1. The van der Waals surface area contributed by atoms with Crippen LogP contribution in [-0.4, -0.2) is 350 Å².